The van der Waals surface area contributed by atoms with E-state index in [4.69, 9.17) is 4.74 Å². The predicted octanol–water partition coefficient (Wildman–Crippen LogP) is 4.67. The molecule has 0 saturated heterocycles. The molecule has 3 aromatic carbocycles. The molecule has 0 heterocycles. The van der Waals surface area contributed by atoms with Gasteiger partial charge in [-0.05, 0) is 48.9 Å². The second-order valence-electron chi connectivity index (χ2n) is 6.31. The average Bonchev–Trinajstić information content (AvgIpc) is 2.73. The molecule has 0 aliphatic heterocycles. The van der Waals surface area contributed by atoms with E-state index < -0.39 is 4.92 Å². The number of ether oxygens (including phenoxy) is 1. The SMILES string of the molecule is Cc1ccc(NC(=O)COc2cccc(C=Nc3ccc([N+](=O)[O-])cc3)c2)cc1. The van der Waals surface area contributed by atoms with E-state index >= 15 is 0 Å². The quantitative estimate of drug-likeness (QED) is 0.361. The summed E-state index contributed by atoms with van der Waals surface area (Å²) in [5.74, 6) is 0.288. The first kappa shape index (κ1) is 19.8. The van der Waals surface area contributed by atoms with Crippen molar-refractivity contribution in [2.75, 3.05) is 11.9 Å². The van der Waals surface area contributed by atoms with E-state index in [0.29, 0.717) is 17.1 Å². The molecular weight excluding hydrogens is 370 g/mol. The molecule has 3 rings (SSSR count). The van der Waals surface area contributed by atoms with Crippen molar-refractivity contribution in [1.82, 2.24) is 0 Å². The van der Waals surface area contributed by atoms with E-state index in [-0.39, 0.29) is 18.2 Å². The Morgan fingerprint density at radius 1 is 1.10 bits per heavy atom. The number of anilines is 1. The third-order valence-electron chi connectivity index (χ3n) is 3.99. The van der Waals surface area contributed by atoms with E-state index in [1.807, 2.05) is 37.3 Å². The van der Waals surface area contributed by atoms with Crippen molar-refractivity contribution in [3.63, 3.8) is 0 Å². The minimum absolute atomic E-state index is 0.0169. The van der Waals surface area contributed by atoms with Gasteiger partial charge in [-0.25, -0.2) is 0 Å². The molecule has 1 N–H and O–H groups in total. The first-order valence-corrected chi connectivity index (χ1v) is 8.87. The van der Waals surface area contributed by atoms with E-state index in [9.17, 15) is 14.9 Å². The van der Waals surface area contributed by atoms with Gasteiger partial charge in [0.05, 0.1) is 10.6 Å². The van der Waals surface area contributed by atoms with Crippen molar-refractivity contribution in [1.29, 1.82) is 0 Å². The van der Waals surface area contributed by atoms with E-state index in [2.05, 4.69) is 10.3 Å². The number of rotatable bonds is 7. The van der Waals surface area contributed by atoms with Crippen LogP contribution in [0.25, 0.3) is 0 Å². The minimum atomic E-state index is -0.455. The van der Waals surface area contributed by atoms with Gasteiger partial charge in [-0.2, -0.15) is 0 Å². The maximum Gasteiger partial charge on any atom is 0.269 e. The van der Waals surface area contributed by atoms with Crippen molar-refractivity contribution in [3.05, 3.63) is 94.0 Å². The molecule has 0 aromatic heterocycles. The zero-order chi connectivity index (χ0) is 20.6. The number of aliphatic imine (C=N–C) groups is 1. The highest BCUT2D eigenvalue weighted by molar-refractivity contribution is 5.91. The summed E-state index contributed by atoms with van der Waals surface area (Å²) < 4.78 is 5.55. The van der Waals surface area contributed by atoms with E-state index in [1.54, 1.807) is 36.5 Å². The summed E-state index contributed by atoms with van der Waals surface area (Å²) in [5, 5.41) is 13.5. The molecule has 3 aromatic rings. The number of nitrogens with one attached hydrogen (secondary N) is 1. The number of hydrogen-bond acceptors (Lipinski definition) is 5. The van der Waals surface area contributed by atoms with Crippen molar-refractivity contribution >= 4 is 29.2 Å². The maximum absolute atomic E-state index is 12.0. The summed E-state index contributed by atoms with van der Waals surface area (Å²) >= 11 is 0. The number of nitro benzene ring substituents is 1. The summed E-state index contributed by atoms with van der Waals surface area (Å²) in [6.07, 6.45) is 1.63. The monoisotopic (exact) mass is 389 g/mol. The van der Waals surface area contributed by atoms with E-state index in [1.165, 1.54) is 12.1 Å². The van der Waals surface area contributed by atoms with Gasteiger partial charge in [0.2, 0.25) is 0 Å². The molecule has 0 aliphatic rings. The first-order chi connectivity index (χ1) is 14.0. The second-order valence-corrected chi connectivity index (χ2v) is 6.31. The Hall–Kier alpha value is -4.00. The Bertz CT molecular complexity index is 1030. The van der Waals surface area contributed by atoms with Crippen LogP contribution in [0.4, 0.5) is 17.1 Å². The number of nitrogens with zero attached hydrogens (tertiary/aromatic N) is 2. The Labute approximate surface area is 167 Å². The Morgan fingerprint density at radius 2 is 1.83 bits per heavy atom. The zero-order valence-corrected chi connectivity index (χ0v) is 15.7. The average molecular weight is 389 g/mol. The number of non-ortho nitro benzene ring substituents is 1. The van der Waals surface area contributed by atoms with Gasteiger partial charge < -0.3 is 10.1 Å². The number of amides is 1. The van der Waals surface area contributed by atoms with Crippen LogP contribution in [0.2, 0.25) is 0 Å². The normalized spacial score (nSPS) is 10.7. The smallest absolute Gasteiger partial charge is 0.269 e. The maximum atomic E-state index is 12.0. The van der Waals surface area contributed by atoms with Crippen LogP contribution in [0.1, 0.15) is 11.1 Å². The lowest BCUT2D eigenvalue weighted by Gasteiger charge is -2.08. The third-order valence-corrected chi connectivity index (χ3v) is 3.99. The van der Waals surface area contributed by atoms with Crippen molar-refractivity contribution in [2.24, 2.45) is 4.99 Å². The topological polar surface area (TPSA) is 93.8 Å². The lowest BCUT2D eigenvalue weighted by Crippen LogP contribution is -2.20. The van der Waals surface area contributed by atoms with Crippen LogP contribution >= 0.6 is 0 Å². The van der Waals surface area contributed by atoms with Crippen LogP contribution in [0.15, 0.2) is 77.8 Å². The van der Waals surface area contributed by atoms with Crippen molar-refractivity contribution < 1.29 is 14.5 Å². The lowest BCUT2D eigenvalue weighted by atomic mass is 10.2. The molecule has 0 spiro atoms. The summed E-state index contributed by atoms with van der Waals surface area (Å²) in [7, 11) is 0. The molecule has 1 amide bonds. The summed E-state index contributed by atoms with van der Waals surface area (Å²) in [5.41, 5.74) is 3.22. The van der Waals surface area contributed by atoms with Crippen LogP contribution in [-0.4, -0.2) is 23.7 Å². The van der Waals surface area contributed by atoms with Gasteiger partial charge in [0, 0.05) is 24.0 Å². The number of hydrogen-bond donors (Lipinski definition) is 1. The summed E-state index contributed by atoms with van der Waals surface area (Å²) in [6, 6.07) is 20.6. The van der Waals surface area contributed by atoms with Crippen molar-refractivity contribution in [3.8, 4) is 5.75 Å². The molecule has 0 atom stereocenters. The van der Waals surface area contributed by atoms with E-state index in [0.717, 1.165) is 11.1 Å². The lowest BCUT2D eigenvalue weighted by molar-refractivity contribution is -0.384. The fraction of sp³-hybridized carbons (Fsp3) is 0.0909. The van der Waals surface area contributed by atoms with Gasteiger partial charge in [0.25, 0.3) is 11.6 Å². The molecule has 7 nitrogen and oxygen atoms in total. The largest absolute Gasteiger partial charge is 0.484 e. The van der Waals surface area contributed by atoms with Crippen LogP contribution < -0.4 is 10.1 Å². The van der Waals surface area contributed by atoms with Gasteiger partial charge in [-0.3, -0.25) is 19.9 Å². The van der Waals surface area contributed by atoms with Crippen LogP contribution in [0.5, 0.6) is 5.75 Å². The molecule has 0 radical (unpaired) electrons. The molecule has 0 saturated carbocycles. The molecule has 146 valence electrons. The molecule has 0 unspecified atom stereocenters. The molecule has 29 heavy (non-hydrogen) atoms. The van der Waals surface area contributed by atoms with Gasteiger partial charge in [0.15, 0.2) is 6.61 Å². The Morgan fingerprint density at radius 3 is 2.52 bits per heavy atom. The standard InChI is InChI=1S/C22H19N3O4/c1-16-5-7-19(8-6-16)24-22(26)15-29-21-4-2-3-17(13-21)14-23-18-9-11-20(12-10-18)25(27)28/h2-14H,15H2,1H3,(H,24,26). The number of aryl methyl sites for hydroxylation is 1. The van der Waals surface area contributed by atoms with Crippen molar-refractivity contribution in [2.45, 2.75) is 6.92 Å². The highest BCUT2D eigenvalue weighted by Gasteiger charge is 2.05. The van der Waals surface area contributed by atoms with Gasteiger partial charge in [0.1, 0.15) is 5.75 Å². The van der Waals surface area contributed by atoms with Gasteiger partial charge >= 0.3 is 0 Å². The molecule has 0 fully saturated rings. The predicted molar refractivity (Wildman–Crippen MR) is 112 cm³/mol. The van der Waals surface area contributed by atoms with Crippen LogP contribution in [-0.2, 0) is 4.79 Å². The molecule has 0 bridgehead atoms. The highest BCUT2D eigenvalue weighted by Crippen LogP contribution is 2.18. The third kappa shape index (κ3) is 6.00. The number of benzene rings is 3. The Balaban J connectivity index is 1.56. The minimum Gasteiger partial charge on any atom is -0.484 e. The summed E-state index contributed by atoms with van der Waals surface area (Å²) in [6.45, 7) is 1.86. The molecular formula is C22H19N3O4. The highest BCUT2D eigenvalue weighted by atomic mass is 16.6. The summed E-state index contributed by atoms with van der Waals surface area (Å²) in [4.78, 5) is 26.5. The fourth-order valence-electron chi connectivity index (χ4n) is 2.48. The van der Waals surface area contributed by atoms with Crippen LogP contribution in [0, 0.1) is 17.0 Å². The first-order valence-electron chi connectivity index (χ1n) is 8.87. The van der Waals surface area contributed by atoms with Gasteiger partial charge in [-0.15, -0.1) is 0 Å². The molecule has 7 heteroatoms. The zero-order valence-electron chi connectivity index (χ0n) is 15.7. The number of carbonyl (C=O) groups excluding carboxylic acids is 1. The fourth-order valence-corrected chi connectivity index (χ4v) is 2.48. The molecule has 0 aliphatic carbocycles. The van der Waals surface area contributed by atoms with Gasteiger partial charge in [-0.1, -0.05) is 29.8 Å². The number of carbonyl (C=O) groups is 1. The second kappa shape index (κ2) is 9.27. The Kier molecular flexibility index (Phi) is 6.32. The number of nitro groups is 1. The van der Waals surface area contributed by atoms with Crippen LogP contribution in [0.3, 0.4) is 0 Å².